The molecule has 0 aliphatic heterocycles. The molecule has 1 aromatic rings. The number of benzene rings is 1. The molecule has 1 amide bonds. The molecule has 1 unspecified atom stereocenters. The fourth-order valence-corrected chi connectivity index (χ4v) is 1.93. The van der Waals surface area contributed by atoms with Crippen molar-refractivity contribution in [3.05, 3.63) is 29.8 Å². The lowest BCUT2D eigenvalue weighted by Gasteiger charge is -2.16. The third kappa shape index (κ3) is 8.78. The Morgan fingerprint density at radius 2 is 2.04 bits per heavy atom. The number of hydrogen-bond donors (Lipinski definition) is 3. The Bertz CT molecular complexity index is 505. The summed E-state index contributed by atoms with van der Waals surface area (Å²) in [6, 6.07) is 8.24. The smallest absolute Gasteiger partial charge is 0.224 e. The number of carbonyl (C=O) groups excluding carboxylic acids is 1. The Balaban J connectivity index is 0.00000484. The van der Waals surface area contributed by atoms with E-state index in [0.717, 1.165) is 30.1 Å². The van der Waals surface area contributed by atoms with Crippen molar-refractivity contribution >= 4 is 41.5 Å². The van der Waals surface area contributed by atoms with Crippen LogP contribution in [0, 0.1) is 0 Å². The molecule has 130 valence electrons. The molecule has 0 heterocycles. The van der Waals surface area contributed by atoms with Crippen molar-refractivity contribution in [3.8, 4) is 0 Å². The van der Waals surface area contributed by atoms with Gasteiger partial charge in [0.2, 0.25) is 5.91 Å². The Morgan fingerprint density at radius 1 is 1.30 bits per heavy atom. The predicted molar refractivity (Wildman–Crippen MR) is 108 cm³/mol. The highest BCUT2D eigenvalue weighted by Crippen LogP contribution is 2.11. The SMILES string of the molecule is CCCC(=O)Nc1cccc(CNC(=NC)NC(C)CC)c1.I. The van der Waals surface area contributed by atoms with Crippen molar-refractivity contribution in [2.24, 2.45) is 4.99 Å². The van der Waals surface area contributed by atoms with E-state index in [4.69, 9.17) is 0 Å². The van der Waals surface area contributed by atoms with Gasteiger partial charge in [0.05, 0.1) is 0 Å². The van der Waals surface area contributed by atoms with Gasteiger partial charge in [0, 0.05) is 31.7 Å². The van der Waals surface area contributed by atoms with Gasteiger partial charge in [-0.3, -0.25) is 9.79 Å². The number of rotatable bonds is 7. The molecular formula is C17H29IN4O. The van der Waals surface area contributed by atoms with Crippen LogP contribution < -0.4 is 16.0 Å². The number of halogens is 1. The van der Waals surface area contributed by atoms with Gasteiger partial charge in [0.15, 0.2) is 5.96 Å². The summed E-state index contributed by atoms with van der Waals surface area (Å²) >= 11 is 0. The first-order chi connectivity index (χ1) is 10.6. The molecule has 1 aromatic carbocycles. The third-order valence-electron chi connectivity index (χ3n) is 3.37. The van der Waals surface area contributed by atoms with Crippen LogP contribution in [0.1, 0.15) is 45.6 Å². The van der Waals surface area contributed by atoms with Gasteiger partial charge >= 0.3 is 0 Å². The number of aliphatic imine (C=N–C) groups is 1. The van der Waals surface area contributed by atoms with Gasteiger partial charge in [-0.1, -0.05) is 26.0 Å². The summed E-state index contributed by atoms with van der Waals surface area (Å²) in [5, 5.41) is 9.52. The summed E-state index contributed by atoms with van der Waals surface area (Å²) in [7, 11) is 1.76. The first-order valence-corrected chi connectivity index (χ1v) is 7.95. The van der Waals surface area contributed by atoms with Crippen molar-refractivity contribution in [2.45, 2.75) is 52.6 Å². The number of amides is 1. The van der Waals surface area contributed by atoms with Crippen LogP contribution in [0.3, 0.4) is 0 Å². The number of hydrogen-bond acceptors (Lipinski definition) is 2. The molecule has 23 heavy (non-hydrogen) atoms. The summed E-state index contributed by atoms with van der Waals surface area (Å²) in [4.78, 5) is 15.8. The second kappa shape index (κ2) is 12.2. The van der Waals surface area contributed by atoms with Crippen LogP contribution in [0.15, 0.2) is 29.3 Å². The molecule has 0 spiro atoms. The van der Waals surface area contributed by atoms with E-state index in [-0.39, 0.29) is 29.9 Å². The molecule has 6 heteroatoms. The normalized spacial score (nSPS) is 12.1. The average Bonchev–Trinajstić information content (AvgIpc) is 2.51. The highest BCUT2D eigenvalue weighted by Gasteiger charge is 2.04. The van der Waals surface area contributed by atoms with Crippen LogP contribution in [0.4, 0.5) is 5.69 Å². The van der Waals surface area contributed by atoms with Crippen LogP contribution in [-0.4, -0.2) is 25.0 Å². The van der Waals surface area contributed by atoms with Crippen LogP contribution in [0.2, 0.25) is 0 Å². The number of carbonyl (C=O) groups is 1. The van der Waals surface area contributed by atoms with Crippen molar-refractivity contribution in [3.63, 3.8) is 0 Å². The van der Waals surface area contributed by atoms with E-state index >= 15 is 0 Å². The molecule has 0 aliphatic carbocycles. The fourth-order valence-electron chi connectivity index (χ4n) is 1.93. The summed E-state index contributed by atoms with van der Waals surface area (Å²) < 4.78 is 0. The zero-order valence-corrected chi connectivity index (χ0v) is 16.8. The first kappa shape index (κ1) is 21.7. The van der Waals surface area contributed by atoms with Crippen molar-refractivity contribution < 1.29 is 4.79 Å². The zero-order valence-electron chi connectivity index (χ0n) is 14.5. The standard InChI is InChI=1S/C17H28N4O.HI/c1-5-8-16(22)21-15-10-7-9-14(11-15)12-19-17(18-4)20-13(3)6-2;/h7,9-11,13H,5-6,8,12H2,1-4H3,(H,21,22)(H2,18,19,20);1H. The Labute approximate surface area is 156 Å². The highest BCUT2D eigenvalue weighted by atomic mass is 127. The zero-order chi connectivity index (χ0) is 16.4. The lowest BCUT2D eigenvalue weighted by atomic mass is 10.2. The fraction of sp³-hybridized carbons (Fsp3) is 0.529. The van der Waals surface area contributed by atoms with Gasteiger partial charge in [-0.05, 0) is 37.5 Å². The maximum atomic E-state index is 11.6. The summed E-state index contributed by atoms with van der Waals surface area (Å²) in [5.41, 5.74) is 1.93. The van der Waals surface area contributed by atoms with Crippen molar-refractivity contribution in [1.82, 2.24) is 10.6 Å². The summed E-state index contributed by atoms with van der Waals surface area (Å²) in [5.74, 6) is 0.844. The average molecular weight is 432 g/mol. The first-order valence-electron chi connectivity index (χ1n) is 7.95. The van der Waals surface area contributed by atoms with E-state index < -0.39 is 0 Å². The number of guanidine groups is 1. The maximum absolute atomic E-state index is 11.6. The molecule has 0 fully saturated rings. The van der Waals surface area contributed by atoms with E-state index in [1.807, 2.05) is 31.2 Å². The molecule has 1 rings (SSSR count). The van der Waals surface area contributed by atoms with E-state index in [1.165, 1.54) is 0 Å². The summed E-state index contributed by atoms with van der Waals surface area (Å²) in [6.45, 7) is 6.91. The molecule has 3 N–H and O–H groups in total. The molecule has 0 radical (unpaired) electrons. The molecule has 0 bridgehead atoms. The van der Waals surface area contributed by atoms with E-state index in [1.54, 1.807) is 7.05 Å². The quantitative estimate of drug-likeness (QED) is 0.351. The largest absolute Gasteiger partial charge is 0.354 e. The minimum atomic E-state index is 0. The minimum absolute atomic E-state index is 0. The number of anilines is 1. The molecular weight excluding hydrogens is 403 g/mol. The van der Waals surface area contributed by atoms with E-state index in [0.29, 0.717) is 19.0 Å². The molecule has 1 atom stereocenters. The third-order valence-corrected chi connectivity index (χ3v) is 3.37. The van der Waals surface area contributed by atoms with Gasteiger partial charge in [-0.15, -0.1) is 24.0 Å². The molecule has 5 nitrogen and oxygen atoms in total. The number of nitrogens with one attached hydrogen (secondary N) is 3. The lowest BCUT2D eigenvalue weighted by Crippen LogP contribution is -2.41. The van der Waals surface area contributed by atoms with Crippen LogP contribution in [-0.2, 0) is 11.3 Å². The van der Waals surface area contributed by atoms with E-state index in [2.05, 4.69) is 34.8 Å². The molecule has 0 aromatic heterocycles. The second-order valence-electron chi connectivity index (χ2n) is 5.38. The Hall–Kier alpha value is -1.31. The van der Waals surface area contributed by atoms with Crippen LogP contribution >= 0.6 is 24.0 Å². The lowest BCUT2D eigenvalue weighted by molar-refractivity contribution is -0.116. The monoisotopic (exact) mass is 432 g/mol. The van der Waals surface area contributed by atoms with Gasteiger partial charge in [0.25, 0.3) is 0 Å². The molecule has 0 saturated carbocycles. The van der Waals surface area contributed by atoms with Gasteiger partial charge < -0.3 is 16.0 Å². The second-order valence-corrected chi connectivity index (χ2v) is 5.38. The highest BCUT2D eigenvalue weighted by molar-refractivity contribution is 14.0. The topological polar surface area (TPSA) is 65.5 Å². The Morgan fingerprint density at radius 3 is 2.65 bits per heavy atom. The van der Waals surface area contributed by atoms with Crippen molar-refractivity contribution in [1.29, 1.82) is 0 Å². The van der Waals surface area contributed by atoms with Gasteiger partial charge in [-0.2, -0.15) is 0 Å². The van der Waals surface area contributed by atoms with Gasteiger partial charge in [-0.25, -0.2) is 0 Å². The van der Waals surface area contributed by atoms with Gasteiger partial charge in [0.1, 0.15) is 0 Å². The number of nitrogens with zero attached hydrogens (tertiary/aromatic N) is 1. The molecule has 0 aliphatic rings. The van der Waals surface area contributed by atoms with E-state index in [9.17, 15) is 4.79 Å². The van der Waals surface area contributed by atoms with Crippen molar-refractivity contribution in [2.75, 3.05) is 12.4 Å². The molecule has 0 saturated heterocycles. The summed E-state index contributed by atoms with van der Waals surface area (Å²) in [6.07, 6.45) is 2.44. The predicted octanol–water partition coefficient (Wildman–Crippen LogP) is 3.51. The Kier molecular flexibility index (Phi) is 11.5. The van der Waals surface area contributed by atoms with Crippen LogP contribution in [0.25, 0.3) is 0 Å². The minimum Gasteiger partial charge on any atom is -0.354 e. The van der Waals surface area contributed by atoms with Crippen LogP contribution in [0.5, 0.6) is 0 Å². The maximum Gasteiger partial charge on any atom is 0.224 e.